The first-order valence-corrected chi connectivity index (χ1v) is 9.47. The van der Waals surface area contributed by atoms with Crippen LogP contribution >= 0.6 is 46.0 Å². The van der Waals surface area contributed by atoms with E-state index in [2.05, 4.69) is 0 Å². The average molecular weight is 353 g/mol. The average Bonchev–Trinajstić information content (AvgIpc) is 1.93. The molecule has 0 aromatic carbocycles. The molecule has 104 valence electrons. The van der Waals surface area contributed by atoms with Crippen molar-refractivity contribution in [2.75, 3.05) is 6.16 Å². The van der Waals surface area contributed by atoms with Crippen LogP contribution < -0.4 is 0 Å². The zero-order valence-electron chi connectivity index (χ0n) is 7.79. The van der Waals surface area contributed by atoms with Gasteiger partial charge in [-0.1, -0.05) is 23.2 Å². The molecule has 0 aromatic heterocycles. The molecular formula is C3H9Cl2O9P3. The number of rotatable bonds is 5. The third kappa shape index (κ3) is 5.27. The van der Waals surface area contributed by atoms with E-state index in [9.17, 15) is 13.7 Å². The standard InChI is InChI=1S/C3H9Cl2O9P3/c4-3(5,17(12,13)14)2(16(9,10)11)1-15(6,7)8/h2H,1H2,(H2,6,7,8)(H2,9,10,11)(H2,12,13,14). The second-order valence-electron chi connectivity index (χ2n) is 3.08. The van der Waals surface area contributed by atoms with E-state index in [1.807, 2.05) is 0 Å². The zero-order chi connectivity index (χ0) is 14.3. The molecule has 0 saturated carbocycles. The summed E-state index contributed by atoms with van der Waals surface area (Å²) in [6, 6.07) is 0. The number of alkyl halides is 2. The van der Waals surface area contributed by atoms with Crippen LogP contribution in [0.15, 0.2) is 0 Å². The van der Waals surface area contributed by atoms with Crippen LogP contribution in [0.2, 0.25) is 0 Å². The van der Waals surface area contributed by atoms with Crippen molar-refractivity contribution in [1.29, 1.82) is 0 Å². The number of hydrogen-bond acceptors (Lipinski definition) is 3. The molecule has 14 heteroatoms. The van der Waals surface area contributed by atoms with Gasteiger partial charge in [0.05, 0.1) is 6.16 Å². The van der Waals surface area contributed by atoms with E-state index in [1.165, 1.54) is 0 Å². The van der Waals surface area contributed by atoms with Crippen molar-refractivity contribution in [2.24, 2.45) is 0 Å². The van der Waals surface area contributed by atoms with Crippen LogP contribution in [0.1, 0.15) is 0 Å². The van der Waals surface area contributed by atoms with Crippen molar-refractivity contribution in [3.05, 3.63) is 0 Å². The predicted molar refractivity (Wildman–Crippen MR) is 59.2 cm³/mol. The molecular weight excluding hydrogens is 344 g/mol. The Labute approximate surface area is 105 Å². The smallest absolute Gasteiger partial charge is 0.324 e. The molecule has 0 bridgehead atoms. The molecule has 9 nitrogen and oxygen atoms in total. The first kappa shape index (κ1) is 18.0. The summed E-state index contributed by atoms with van der Waals surface area (Å²) < 4.78 is 29.1. The van der Waals surface area contributed by atoms with Crippen LogP contribution in [-0.2, 0) is 13.7 Å². The third-order valence-electron chi connectivity index (χ3n) is 1.61. The van der Waals surface area contributed by atoms with Crippen LogP contribution in [0.3, 0.4) is 0 Å². The van der Waals surface area contributed by atoms with Crippen LogP contribution in [0, 0.1) is 0 Å². The third-order valence-corrected chi connectivity index (χ3v) is 7.56. The van der Waals surface area contributed by atoms with E-state index in [1.54, 1.807) is 0 Å². The van der Waals surface area contributed by atoms with Crippen LogP contribution in [-0.4, -0.2) is 45.3 Å². The molecule has 0 amide bonds. The van der Waals surface area contributed by atoms with Crippen LogP contribution in [0.4, 0.5) is 0 Å². The fourth-order valence-electron chi connectivity index (χ4n) is 0.838. The highest BCUT2D eigenvalue weighted by Crippen LogP contribution is 2.67. The van der Waals surface area contributed by atoms with Crippen molar-refractivity contribution in [3.63, 3.8) is 0 Å². The molecule has 0 heterocycles. The van der Waals surface area contributed by atoms with Gasteiger partial charge >= 0.3 is 22.8 Å². The highest BCUT2D eigenvalue weighted by atomic mass is 35.5. The molecule has 0 saturated heterocycles. The van der Waals surface area contributed by atoms with E-state index in [4.69, 9.17) is 52.6 Å². The summed E-state index contributed by atoms with van der Waals surface area (Å²) in [5, 5.41) is 0. The maximum absolute atomic E-state index is 10.9. The molecule has 1 unspecified atom stereocenters. The van der Waals surface area contributed by atoms with E-state index in [0.717, 1.165) is 0 Å². The quantitative estimate of drug-likeness (QED) is 0.294. The van der Waals surface area contributed by atoms with Gasteiger partial charge in [-0.05, 0) is 0 Å². The molecule has 0 aliphatic carbocycles. The van der Waals surface area contributed by atoms with Crippen LogP contribution in [0.25, 0.3) is 0 Å². The number of halogens is 2. The summed E-state index contributed by atoms with van der Waals surface area (Å²) in [7, 11) is -15.7. The summed E-state index contributed by atoms with van der Waals surface area (Å²) in [6.07, 6.45) is -1.56. The predicted octanol–water partition coefficient (Wildman–Crippen LogP) is 0.0195. The minimum Gasteiger partial charge on any atom is -0.324 e. The topological polar surface area (TPSA) is 173 Å². The van der Waals surface area contributed by atoms with Crippen molar-refractivity contribution >= 4 is 46.0 Å². The lowest BCUT2D eigenvalue weighted by Gasteiger charge is -2.30. The maximum Gasteiger partial charge on any atom is 0.362 e. The van der Waals surface area contributed by atoms with Crippen molar-refractivity contribution in [1.82, 2.24) is 0 Å². The molecule has 0 aliphatic heterocycles. The molecule has 0 aliphatic rings. The van der Waals surface area contributed by atoms with Crippen molar-refractivity contribution in [2.45, 2.75) is 9.73 Å². The second-order valence-corrected chi connectivity index (χ2v) is 10.3. The second kappa shape index (κ2) is 5.19. The Morgan fingerprint density at radius 3 is 1.47 bits per heavy atom. The Kier molecular flexibility index (Phi) is 5.51. The lowest BCUT2D eigenvalue weighted by Crippen LogP contribution is -2.34. The Balaban J connectivity index is 5.60. The SMILES string of the molecule is O=P(O)(O)CC(C(Cl)(Cl)P(=O)(O)O)P(=O)(O)O. The minimum absolute atomic E-state index is 1.56. The van der Waals surface area contributed by atoms with Gasteiger partial charge in [-0.15, -0.1) is 0 Å². The van der Waals surface area contributed by atoms with Crippen LogP contribution in [0.5, 0.6) is 0 Å². The molecule has 17 heavy (non-hydrogen) atoms. The lowest BCUT2D eigenvalue weighted by atomic mass is 10.5. The van der Waals surface area contributed by atoms with E-state index in [-0.39, 0.29) is 0 Å². The fourth-order valence-corrected chi connectivity index (χ4v) is 6.11. The molecule has 6 N–H and O–H groups in total. The summed E-state index contributed by atoms with van der Waals surface area (Å²) in [5.74, 6) is 0. The molecule has 0 radical (unpaired) electrons. The summed E-state index contributed by atoms with van der Waals surface area (Å²) in [6.45, 7) is 0. The highest BCUT2D eigenvalue weighted by Gasteiger charge is 2.58. The summed E-state index contributed by atoms with van der Waals surface area (Å²) in [4.78, 5) is 52.2. The van der Waals surface area contributed by atoms with E-state index in [0.29, 0.717) is 0 Å². The molecule has 1 atom stereocenters. The van der Waals surface area contributed by atoms with Gasteiger partial charge < -0.3 is 29.4 Å². The summed E-state index contributed by atoms with van der Waals surface area (Å²) >= 11 is 10.3. The van der Waals surface area contributed by atoms with Gasteiger partial charge in [0.1, 0.15) is 5.66 Å². The first-order valence-electron chi connectivity index (χ1n) is 3.62. The Hall–Kier alpha value is 1.03. The molecule has 0 rings (SSSR count). The minimum atomic E-state index is -5.41. The lowest BCUT2D eigenvalue weighted by molar-refractivity contribution is 0.331. The zero-order valence-corrected chi connectivity index (χ0v) is 12.0. The largest absolute Gasteiger partial charge is 0.362 e. The monoisotopic (exact) mass is 352 g/mol. The van der Waals surface area contributed by atoms with E-state index >= 15 is 0 Å². The van der Waals surface area contributed by atoms with Gasteiger partial charge in [0.2, 0.25) is 4.07 Å². The normalized spacial score (nSPS) is 16.9. The first-order chi connectivity index (χ1) is 7.09. The Morgan fingerprint density at radius 1 is 0.941 bits per heavy atom. The molecule has 0 fully saturated rings. The van der Waals surface area contributed by atoms with Crippen molar-refractivity contribution in [3.8, 4) is 0 Å². The molecule has 0 spiro atoms. The van der Waals surface area contributed by atoms with Gasteiger partial charge in [0.15, 0.2) is 0 Å². The Morgan fingerprint density at radius 2 is 1.29 bits per heavy atom. The number of hydrogen-bond donors (Lipinski definition) is 6. The van der Waals surface area contributed by atoms with Gasteiger partial charge in [-0.3, -0.25) is 13.7 Å². The highest BCUT2D eigenvalue weighted by molar-refractivity contribution is 7.62. The molecule has 0 aromatic rings. The van der Waals surface area contributed by atoms with Gasteiger partial charge in [-0.25, -0.2) is 0 Å². The Bertz CT molecular complexity index is 415. The van der Waals surface area contributed by atoms with Gasteiger partial charge in [0, 0.05) is 0 Å². The van der Waals surface area contributed by atoms with E-state index < -0.39 is 38.7 Å². The van der Waals surface area contributed by atoms with Gasteiger partial charge in [-0.2, -0.15) is 0 Å². The van der Waals surface area contributed by atoms with Crippen molar-refractivity contribution < 1.29 is 43.1 Å². The van der Waals surface area contributed by atoms with Gasteiger partial charge in [0.25, 0.3) is 0 Å². The maximum atomic E-state index is 10.9. The fraction of sp³-hybridized carbons (Fsp3) is 1.00. The summed E-state index contributed by atoms with van der Waals surface area (Å²) in [5.41, 5.74) is -2.60.